The molecule has 0 unspecified atom stereocenters. The number of nitrogens with one attached hydrogen (secondary N) is 2. The molecule has 0 aliphatic carbocycles. The Balaban J connectivity index is 0.00000320. The predicted molar refractivity (Wildman–Crippen MR) is 134 cm³/mol. The highest BCUT2D eigenvalue weighted by Gasteiger charge is 2.34. The lowest BCUT2D eigenvalue weighted by atomic mass is 9.74. The fourth-order valence-electron chi connectivity index (χ4n) is 3.88. The van der Waals surface area contributed by atoms with Gasteiger partial charge in [-0.25, -0.2) is 0 Å². The number of aryl methyl sites for hydroxylation is 1. The van der Waals surface area contributed by atoms with Crippen molar-refractivity contribution in [2.24, 2.45) is 4.99 Å². The van der Waals surface area contributed by atoms with Gasteiger partial charge in [0.05, 0.1) is 6.61 Å². The van der Waals surface area contributed by atoms with Crippen LogP contribution in [0.1, 0.15) is 36.5 Å². The molecule has 2 aromatic carbocycles. The minimum absolute atomic E-state index is 0. The highest BCUT2D eigenvalue weighted by Crippen LogP contribution is 2.35. The van der Waals surface area contributed by atoms with Gasteiger partial charge < -0.3 is 20.1 Å². The first-order chi connectivity index (χ1) is 14.1. The van der Waals surface area contributed by atoms with Crippen LogP contribution in [-0.2, 0) is 16.7 Å². The molecule has 1 aliphatic heterocycles. The highest BCUT2D eigenvalue weighted by molar-refractivity contribution is 14.0. The van der Waals surface area contributed by atoms with Gasteiger partial charge in [-0.3, -0.25) is 4.99 Å². The molecule has 0 spiro atoms. The lowest BCUT2D eigenvalue weighted by Crippen LogP contribution is -2.47. The maximum atomic E-state index is 5.66. The quantitative estimate of drug-likeness (QED) is 0.321. The summed E-state index contributed by atoms with van der Waals surface area (Å²) in [4.78, 5) is 4.42. The highest BCUT2D eigenvalue weighted by atomic mass is 127. The number of hydrogen-bond acceptors (Lipinski definition) is 3. The van der Waals surface area contributed by atoms with E-state index in [1.54, 1.807) is 0 Å². The molecular formula is C24H34IN3O2. The van der Waals surface area contributed by atoms with Crippen molar-refractivity contribution in [2.75, 3.05) is 33.4 Å². The number of benzene rings is 2. The zero-order valence-electron chi connectivity index (χ0n) is 18.2. The van der Waals surface area contributed by atoms with E-state index in [0.717, 1.165) is 50.9 Å². The summed E-state index contributed by atoms with van der Waals surface area (Å²) in [5.41, 5.74) is 3.87. The van der Waals surface area contributed by atoms with Crippen molar-refractivity contribution in [1.29, 1.82) is 0 Å². The lowest BCUT2D eigenvalue weighted by Gasteiger charge is -2.38. The first-order valence-electron chi connectivity index (χ1n) is 10.5. The maximum Gasteiger partial charge on any atom is 0.191 e. The fourth-order valence-corrected chi connectivity index (χ4v) is 3.88. The van der Waals surface area contributed by atoms with Crippen LogP contribution in [0.3, 0.4) is 0 Å². The third-order valence-electron chi connectivity index (χ3n) is 5.59. The van der Waals surface area contributed by atoms with Crippen molar-refractivity contribution in [1.82, 2.24) is 10.6 Å². The van der Waals surface area contributed by atoms with Gasteiger partial charge in [0.15, 0.2) is 5.96 Å². The summed E-state index contributed by atoms with van der Waals surface area (Å²) < 4.78 is 11.3. The predicted octanol–water partition coefficient (Wildman–Crippen LogP) is 4.43. The van der Waals surface area contributed by atoms with Crippen molar-refractivity contribution in [3.8, 4) is 5.75 Å². The molecule has 0 radical (unpaired) electrons. The van der Waals surface area contributed by atoms with Crippen LogP contribution >= 0.6 is 24.0 Å². The van der Waals surface area contributed by atoms with Gasteiger partial charge in [-0.05, 0) is 49.9 Å². The average molecular weight is 523 g/mol. The van der Waals surface area contributed by atoms with Gasteiger partial charge in [-0.2, -0.15) is 0 Å². The lowest BCUT2D eigenvalue weighted by molar-refractivity contribution is 0.0513. The Kier molecular flexibility index (Phi) is 9.91. The molecule has 1 aliphatic rings. The third-order valence-corrected chi connectivity index (χ3v) is 5.59. The second-order valence-electron chi connectivity index (χ2n) is 7.62. The zero-order chi connectivity index (χ0) is 20.5. The van der Waals surface area contributed by atoms with E-state index in [4.69, 9.17) is 9.47 Å². The number of rotatable bonds is 7. The number of hydrogen-bond donors (Lipinski definition) is 2. The van der Waals surface area contributed by atoms with Crippen LogP contribution in [0.4, 0.5) is 0 Å². The summed E-state index contributed by atoms with van der Waals surface area (Å²) in [6, 6.07) is 17.1. The van der Waals surface area contributed by atoms with Crippen LogP contribution < -0.4 is 15.4 Å². The topological polar surface area (TPSA) is 54.9 Å². The molecular weight excluding hydrogens is 489 g/mol. The van der Waals surface area contributed by atoms with Gasteiger partial charge >= 0.3 is 0 Å². The molecule has 0 bridgehead atoms. The molecule has 0 atom stereocenters. The van der Waals surface area contributed by atoms with Gasteiger partial charge in [-0.15, -0.1) is 24.0 Å². The normalized spacial score (nSPS) is 15.8. The summed E-state index contributed by atoms with van der Waals surface area (Å²) in [6.45, 7) is 7.94. The van der Waals surface area contributed by atoms with E-state index in [1.165, 1.54) is 16.7 Å². The van der Waals surface area contributed by atoms with Crippen LogP contribution in [0.15, 0.2) is 53.5 Å². The monoisotopic (exact) mass is 523 g/mol. The molecule has 164 valence electrons. The second kappa shape index (κ2) is 12.2. The Bertz CT molecular complexity index is 802. The van der Waals surface area contributed by atoms with Crippen molar-refractivity contribution in [3.63, 3.8) is 0 Å². The number of halogens is 1. The minimum atomic E-state index is 0. The number of guanidine groups is 1. The first kappa shape index (κ1) is 24.5. The van der Waals surface area contributed by atoms with E-state index >= 15 is 0 Å². The Labute approximate surface area is 197 Å². The third kappa shape index (κ3) is 6.60. The van der Waals surface area contributed by atoms with E-state index in [2.05, 4.69) is 71.1 Å². The molecule has 0 saturated carbocycles. The van der Waals surface area contributed by atoms with Crippen molar-refractivity contribution < 1.29 is 9.47 Å². The van der Waals surface area contributed by atoms with Crippen LogP contribution in [0.2, 0.25) is 0 Å². The number of aliphatic imine (C=N–C) groups is 1. The zero-order valence-corrected chi connectivity index (χ0v) is 20.6. The average Bonchev–Trinajstić information content (AvgIpc) is 2.75. The first-order valence-corrected chi connectivity index (χ1v) is 10.5. The molecule has 2 aromatic rings. The standard InChI is InChI=1S/C24H33N3O2.HI/c1-4-29-22-10-8-21(9-11-22)24(12-14-28-15-13-24)18-27-23(25-3)26-17-20-7-5-6-19(2)16-20;/h5-11,16H,4,12-15,17-18H2,1-3H3,(H2,25,26,27);1H. The van der Waals surface area contributed by atoms with Gasteiger partial charge in [-0.1, -0.05) is 42.0 Å². The van der Waals surface area contributed by atoms with Crippen LogP contribution in [-0.4, -0.2) is 39.4 Å². The molecule has 0 amide bonds. The van der Waals surface area contributed by atoms with Crippen molar-refractivity contribution in [3.05, 3.63) is 65.2 Å². The smallest absolute Gasteiger partial charge is 0.191 e. The van der Waals surface area contributed by atoms with Crippen LogP contribution in [0.5, 0.6) is 5.75 Å². The van der Waals surface area contributed by atoms with Crippen molar-refractivity contribution in [2.45, 2.75) is 38.6 Å². The number of ether oxygens (including phenoxy) is 2. The summed E-state index contributed by atoms with van der Waals surface area (Å²) >= 11 is 0. The second-order valence-corrected chi connectivity index (χ2v) is 7.62. The molecule has 6 heteroatoms. The Morgan fingerprint density at radius 3 is 2.47 bits per heavy atom. The molecule has 1 heterocycles. The summed E-state index contributed by atoms with van der Waals surface area (Å²) in [6.07, 6.45) is 1.98. The molecule has 2 N–H and O–H groups in total. The molecule has 5 nitrogen and oxygen atoms in total. The van der Waals surface area contributed by atoms with E-state index in [0.29, 0.717) is 6.61 Å². The van der Waals surface area contributed by atoms with Crippen LogP contribution in [0, 0.1) is 6.92 Å². The van der Waals surface area contributed by atoms with Gasteiger partial charge in [0, 0.05) is 38.8 Å². The number of nitrogens with zero attached hydrogens (tertiary/aromatic N) is 1. The Hall–Kier alpha value is -1.80. The van der Waals surface area contributed by atoms with Gasteiger partial charge in [0.1, 0.15) is 5.75 Å². The molecule has 1 fully saturated rings. The summed E-state index contributed by atoms with van der Waals surface area (Å²) in [5.74, 6) is 1.74. The SMILES string of the molecule is CCOc1ccc(C2(CNC(=NC)NCc3cccc(C)c3)CCOCC2)cc1.I. The largest absolute Gasteiger partial charge is 0.494 e. The van der Waals surface area contributed by atoms with Gasteiger partial charge in [0.25, 0.3) is 0 Å². The minimum Gasteiger partial charge on any atom is -0.494 e. The molecule has 30 heavy (non-hydrogen) atoms. The van der Waals surface area contributed by atoms with E-state index in [9.17, 15) is 0 Å². The van der Waals surface area contributed by atoms with Gasteiger partial charge in [0.2, 0.25) is 0 Å². The Morgan fingerprint density at radius 1 is 1.10 bits per heavy atom. The summed E-state index contributed by atoms with van der Waals surface area (Å²) in [5, 5.41) is 6.99. The van der Waals surface area contributed by atoms with Crippen molar-refractivity contribution >= 4 is 29.9 Å². The van der Waals surface area contributed by atoms with Crippen LogP contribution in [0.25, 0.3) is 0 Å². The van der Waals surface area contributed by atoms with E-state index in [-0.39, 0.29) is 29.4 Å². The molecule has 1 saturated heterocycles. The van der Waals surface area contributed by atoms with E-state index in [1.807, 2.05) is 14.0 Å². The fraction of sp³-hybridized carbons (Fsp3) is 0.458. The maximum absolute atomic E-state index is 5.66. The molecule has 0 aromatic heterocycles. The van der Waals surface area contributed by atoms with E-state index < -0.39 is 0 Å². The molecule has 3 rings (SSSR count). The Morgan fingerprint density at radius 2 is 1.83 bits per heavy atom. The summed E-state index contributed by atoms with van der Waals surface area (Å²) in [7, 11) is 1.82.